The molecule has 1 aromatic heterocycles. The molecular weight excluding hydrogens is 384 g/mol. The highest BCUT2D eigenvalue weighted by atomic mass is 32.2. The summed E-state index contributed by atoms with van der Waals surface area (Å²) in [5, 5.41) is 3.13. The van der Waals surface area contributed by atoms with Crippen LogP contribution in [-0.2, 0) is 5.41 Å². The van der Waals surface area contributed by atoms with E-state index >= 15 is 0 Å². The van der Waals surface area contributed by atoms with Crippen LogP contribution in [-0.4, -0.2) is 44.7 Å². The number of amides is 1. The van der Waals surface area contributed by atoms with Crippen LogP contribution >= 0.6 is 36.6 Å². The van der Waals surface area contributed by atoms with Gasteiger partial charge in [0.1, 0.15) is 10.1 Å². The van der Waals surface area contributed by atoms with E-state index in [1.165, 1.54) is 0 Å². The molecule has 5 nitrogen and oxygen atoms in total. The first-order valence-electron chi connectivity index (χ1n) is 8.47. The molecular formula is C18H26N4OS3. The summed E-state index contributed by atoms with van der Waals surface area (Å²) in [5.74, 6) is 1.73. The Labute approximate surface area is 170 Å². The first-order valence-corrected chi connectivity index (χ1v) is 10.3. The maximum Gasteiger partial charge on any atom is 0.329 e. The Morgan fingerprint density at radius 2 is 2.04 bits per heavy atom. The van der Waals surface area contributed by atoms with Crippen molar-refractivity contribution < 1.29 is 4.79 Å². The van der Waals surface area contributed by atoms with Crippen LogP contribution in [0, 0.1) is 0 Å². The molecule has 26 heavy (non-hydrogen) atoms. The largest absolute Gasteiger partial charge is 0.340 e. The maximum absolute atomic E-state index is 12.9. The molecule has 0 aliphatic carbocycles. The normalized spacial score (nSPS) is 11.7. The lowest BCUT2D eigenvalue weighted by Crippen LogP contribution is -2.31. The molecule has 0 radical (unpaired) electrons. The van der Waals surface area contributed by atoms with Crippen molar-refractivity contribution in [3.05, 3.63) is 18.0 Å². The van der Waals surface area contributed by atoms with Gasteiger partial charge < -0.3 is 10.2 Å². The average Bonchev–Trinajstić information content (AvgIpc) is 2.89. The van der Waals surface area contributed by atoms with E-state index in [0.29, 0.717) is 4.32 Å². The molecule has 0 bridgehead atoms. The zero-order valence-electron chi connectivity index (χ0n) is 16.1. The molecule has 1 aromatic carbocycles. The second-order valence-electron chi connectivity index (χ2n) is 7.31. The standard InChI is InChI=1S/C18H26N4OS3/c1-7-8-26-14-10-11-13(9-12(14)20-16(24)25)22(17(23)21(5)6)15(19-11)18(2,3)4/h9-10H,7-8H2,1-6H3,(H2,20,24,25). The van der Waals surface area contributed by atoms with E-state index in [1.54, 1.807) is 35.3 Å². The van der Waals surface area contributed by atoms with Crippen molar-refractivity contribution in [3.8, 4) is 0 Å². The van der Waals surface area contributed by atoms with Gasteiger partial charge in [-0.15, -0.1) is 24.4 Å². The molecule has 0 aliphatic heterocycles. The number of thiocarbonyl (C=S) groups is 1. The SMILES string of the molecule is CCCSc1cc2nc(C(C)(C)C)n(C(=O)N(C)C)c2cc1NC(=S)S. The lowest BCUT2D eigenvalue weighted by atomic mass is 9.96. The molecule has 2 rings (SSSR count). The predicted octanol–water partition coefficient (Wildman–Crippen LogP) is 4.99. The second-order valence-corrected chi connectivity index (χ2v) is 9.61. The van der Waals surface area contributed by atoms with Crippen LogP contribution < -0.4 is 5.32 Å². The maximum atomic E-state index is 12.9. The third-order valence-corrected chi connectivity index (χ3v) is 5.18. The molecule has 0 saturated heterocycles. The second kappa shape index (κ2) is 8.19. The van der Waals surface area contributed by atoms with Crippen molar-refractivity contribution in [2.75, 3.05) is 25.2 Å². The van der Waals surface area contributed by atoms with Gasteiger partial charge in [-0.25, -0.2) is 14.3 Å². The zero-order chi connectivity index (χ0) is 19.6. The minimum absolute atomic E-state index is 0.120. The number of anilines is 1. The molecule has 0 spiro atoms. The number of hydrogen-bond acceptors (Lipinski definition) is 4. The van der Waals surface area contributed by atoms with Crippen molar-refractivity contribution in [2.45, 2.75) is 44.4 Å². The number of fused-ring (bicyclic) bond motifs is 1. The third kappa shape index (κ3) is 4.53. The van der Waals surface area contributed by atoms with Gasteiger partial charge in [-0.3, -0.25) is 0 Å². The lowest BCUT2D eigenvalue weighted by Gasteiger charge is -2.21. The monoisotopic (exact) mass is 410 g/mol. The van der Waals surface area contributed by atoms with Gasteiger partial charge in [0.2, 0.25) is 0 Å². The van der Waals surface area contributed by atoms with Crippen molar-refractivity contribution in [3.63, 3.8) is 0 Å². The first-order chi connectivity index (χ1) is 12.1. The Kier molecular flexibility index (Phi) is 6.63. The average molecular weight is 411 g/mol. The summed E-state index contributed by atoms with van der Waals surface area (Å²) < 4.78 is 2.08. The number of thiol groups is 1. The quantitative estimate of drug-likeness (QED) is 0.422. The molecule has 1 N–H and O–H groups in total. The van der Waals surface area contributed by atoms with Gasteiger partial charge in [-0.1, -0.05) is 39.9 Å². The van der Waals surface area contributed by atoms with E-state index in [9.17, 15) is 4.79 Å². The number of rotatable bonds is 4. The molecule has 2 aromatic rings. The fraction of sp³-hybridized carbons (Fsp3) is 0.500. The molecule has 1 amide bonds. The summed E-state index contributed by atoms with van der Waals surface area (Å²) in [6.45, 7) is 8.32. The van der Waals surface area contributed by atoms with E-state index in [1.807, 2.05) is 12.1 Å². The number of carbonyl (C=O) groups is 1. The Bertz CT molecular complexity index is 837. The van der Waals surface area contributed by atoms with E-state index in [-0.39, 0.29) is 11.4 Å². The van der Waals surface area contributed by atoms with E-state index in [2.05, 4.69) is 45.6 Å². The fourth-order valence-corrected chi connectivity index (χ4v) is 3.66. The van der Waals surface area contributed by atoms with E-state index in [4.69, 9.17) is 17.2 Å². The van der Waals surface area contributed by atoms with Crippen LogP contribution in [0.3, 0.4) is 0 Å². The Balaban J connectivity index is 2.77. The fourth-order valence-electron chi connectivity index (χ4n) is 2.55. The molecule has 0 unspecified atom stereocenters. The van der Waals surface area contributed by atoms with E-state index in [0.717, 1.165) is 39.6 Å². The Morgan fingerprint density at radius 1 is 1.38 bits per heavy atom. The van der Waals surface area contributed by atoms with Crippen LogP contribution in [0.2, 0.25) is 0 Å². The predicted molar refractivity (Wildman–Crippen MR) is 119 cm³/mol. The number of thioether (sulfide) groups is 1. The van der Waals surface area contributed by atoms with Crippen LogP contribution in [0.4, 0.5) is 10.5 Å². The van der Waals surface area contributed by atoms with Gasteiger partial charge in [0.05, 0.1) is 16.7 Å². The number of imidazole rings is 1. The van der Waals surface area contributed by atoms with Crippen LogP contribution in [0.1, 0.15) is 39.9 Å². The van der Waals surface area contributed by atoms with Gasteiger partial charge >= 0.3 is 6.03 Å². The van der Waals surface area contributed by atoms with Gasteiger partial charge in [0.15, 0.2) is 0 Å². The molecule has 0 aliphatic rings. The molecule has 0 atom stereocenters. The van der Waals surface area contributed by atoms with E-state index < -0.39 is 0 Å². The smallest absolute Gasteiger partial charge is 0.329 e. The van der Waals surface area contributed by atoms with Crippen LogP contribution in [0.25, 0.3) is 11.0 Å². The topological polar surface area (TPSA) is 50.2 Å². The number of aromatic nitrogens is 2. The third-order valence-electron chi connectivity index (χ3n) is 3.70. The van der Waals surface area contributed by atoms with Crippen LogP contribution in [0.5, 0.6) is 0 Å². The zero-order valence-corrected chi connectivity index (χ0v) is 18.6. The molecule has 8 heteroatoms. The molecule has 0 saturated carbocycles. The molecule has 0 fully saturated rings. The van der Waals surface area contributed by atoms with Crippen molar-refractivity contribution >= 4 is 63.7 Å². The molecule has 1 heterocycles. The van der Waals surface area contributed by atoms with Gasteiger partial charge in [-0.05, 0) is 24.3 Å². The minimum atomic E-state index is -0.270. The highest BCUT2D eigenvalue weighted by Gasteiger charge is 2.27. The van der Waals surface area contributed by atoms with Crippen molar-refractivity contribution in [1.82, 2.24) is 14.5 Å². The number of hydrogen-bond donors (Lipinski definition) is 2. The summed E-state index contributed by atoms with van der Waals surface area (Å²) in [5.41, 5.74) is 2.15. The highest BCUT2D eigenvalue weighted by molar-refractivity contribution is 8.11. The minimum Gasteiger partial charge on any atom is -0.340 e. The Morgan fingerprint density at radius 3 is 2.54 bits per heavy atom. The highest BCUT2D eigenvalue weighted by Crippen LogP contribution is 2.35. The van der Waals surface area contributed by atoms with Crippen LogP contribution in [0.15, 0.2) is 17.0 Å². The summed E-state index contributed by atoms with van der Waals surface area (Å²) in [6, 6.07) is 3.85. The number of nitrogens with zero attached hydrogens (tertiary/aromatic N) is 3. The van der Waals surface area contributed by atoms with Gasteiger partial charge in [0.25, 0.3) is 0 Å². The number of nitrogens with one attached hydrogen (secondary N) is 1. The summed E-state index contributed by atoms with van der Waals surface area (Å²) in [6.07, 6.45) is 1.06. The van der Waals surface area contributed by atoms with Crippen molar-refractivity contribution in [2.24, 2.45) is 0 Å². The summed E-state index contributed by atoms with van der Waals surface area (Å²) in [4.78, 5) is 20.3. The number of benzene rings is 1. The summed E-state index contributed by atoms with van der Waals surface area (Å²) >= 11 is 11.1. The van der Waals surface area contributed by atoms with Crippen molar-refractivity contribution in [1.29, 1.82) is 0 Å². The lowest BCUT2D eigenvalue weighted by molar-refractivity contribution is 0.218. The number of carbonyl (C=O) groups excluding carboxylic acids is 1. The molecule has 142 valence electrons. The first kappa shape index (κ1) is 21.1. The summed E-state index contributed by atoms with van der Waals surface area (Å²) in [7, 11) is 3.49. The van der Waals surface area contributed by atoms with Gasteiger partial charge in [-0.2, -0.15) is 0 Å². The Hall–Kier alpha value is -1.25. The van der Waals surface area contributed by atoms with Gasteiger partial charge in [0, 0.05) is 24.4 Å².